The Morgan fingerprint density at radius 1 is 1.12 bits per heavy atom. The van der Waals surface area contributed by atoms with Crippen LogP contribution in [-0.2, 0) is 0 Å². The van der Waals surface area contributed by atoms with Crippen molar-refractivity contribution >= 4 is 5.78 Å². The van der Waals surface area contributed by atoms with Crippen molar-refractivity contribution in [2.75, 3.05) is 19.6 Å². The molecule has 0 bridgehead atoms. The highest BCUT2D eigenvalue weighted by molar-refractivity contribution is 5.97. The Morgan fingerprint density at radius 2 is 1.92 bits per heavy atom. The third-order valence-electron chi connectivity index (χ3n) is 4.61. The third kappa shape index (κ3) is 3.53. The van der Waals surface area contributed by atoms with E-state index in [-0.39, 0.29) is 11.7 Å². The standard InChI is InChI=1S/C19H19N3O3/c23-17(14-4-2-1-3-5-14)12-22-9-6-15(7-10-22)18-20-21-19(25-18)16-8-11-24-13-16/h1-5,8,11,13,15H,6-7,9-10,12H2. The lowest BCUT2D eigenvalue weighted by Crippen LogP contribution is -2.36. The summed E-state index contributed by atoms with van der Waals surface area (Å²) in [5.74, 6) is 1.57. The van der Waals surface area contributed by atoms with Gasteiger partial charge >= 0.3 is 0 Å². The van der Waals surface area contributed by atoms with E-state index in [9.17, 15) is 4.79 Å². The van der Waals surface area contributed by atoms with Crippen LogP contribution in [0.15, 0.2) is 57.8 Å². The molecule has 1 aliphatic rings. The van der Waals surface area contributed by atoms with Gasteiger partial charge in [-0.2, -0.15) is 0 Å². The van der Waals surface area contributed by atoms with E-state index in [4.69, 9.17) is 8.83 Å². The molecule has 0 aliphatic carbocycles. The van der Waals surface area contributed by atoms with Crippen LogP contribution < -0.4 is 0 Å². The molecule has 0 spiro atoms. The SMILES string of the molecule is O=C(CN1CCC(c2nnc(-c3ccoc3)o2)CC1)c1ccccc1. The summed E-state index contributed by atoms with van der Waals surface area (Å²) in [5, 5.41) is 8.28. The van der Waals surface area contributed by atoms with Crippen LogP contribution in [0.4, 0.5) is 0 Å². The average Bonchev–Trinajstić information content (AvgIpc) is 3.35. The molecule has 1 aromatic carbocycles. The largest absolute Gasteiger partial charge is 0.472 e. The molecule has 6 heteroatoms. The molecule has 1 saturated heterocycles. The maximum atomic E-state index is 12.3. The van der Waals surface area contributed by atoms with Gasteiger partial charge in [0.15, 0.2) is 5.78 Å². The van der Waals surface area contributed by atoms with Crippen molar-refractivity contribution in [2.24, 2.45) is 0 Å². The van der Waals surface area contributed by atoms with Gasteiger partial charge in [0.2, 0.25) is 5.89 Å². The van der Waals surface area contributed by atoms with E-state index in [1.54, 1.807) is 18.6 Å². The Balaban J connectivity index is 1.33. The second-order valence-corrected chi connectivity index (χ2v) is 6.30. The van der Waals surface area contributed by atoms with Gasteiger partial charge in [0.25, 0.3) is 5.89 Å². The predicted molar refractivity (Wildman–Crippen MR) is 91.2 cm³/mol. The summed E-state index contributed by atoms with van der Waals surface area (Å²) >= 11 is 0. The maximum Gasteiger partial charge on any atom is 0.250 e. The number of nitrogens with zero attached hydrogens (tertiary/aromatic N) is 3. The molecule has 6 nitrogen and oxygen atoms in total. The molecule has 3 heterocycles. The van der Waals surface area contributed by atoms with Crippen LogP contribution in [0.5, 0.6) is 0 Å². The van der Waals surface area contributed by atoms with Gasteiger partial charge in [-0.3, -0.25) is 9.69 Å². The van der Waals surface area contributed by atoms with E-state index >= 15 is 0 Å². The summed E-state index contributed by atoms with van der Waals surface area (Å²) in [6.07, 6.45) is 5.00. The van der Waals surface area contributed by atoms with Crippen LogP contribution in [0.3, 0.4) is 0 Å². The lowest BCUT2D eigenvalue weighted by atomic mass is 9.96. The number of benzene rings is 1. The van der Waals surface area contributed by atoms with Crippen molar-refractivity contribution in [1.29, 1.82) is 0 Å². The van der Waals surface area contributed by atoms with E-state index in [1.165, 1.54) is 0 Å². The molecule has 0 N–H and O–H groups in total. The molecular formula is C19H19N3O3. The molecule has 4 rings (SSSR count). The van der Waals surface area contributed by atoms with Gasteiger partial charge in [-0.05, 0) is 32.0 Å². The minimum atomic E-state index is 0.166. The molecule has 25 heavy (non-hydrogen) atoms. The first-order chi connectivity index (χ1) is 12.3. The van der Waals surface area contributed by atoms with Gasteiger partial charge in [0, 0.05) is 11.5 Å². The number of piperidine rings is 1. The predicted octanol–water partition coefficient (Wildman–Crippen LogP) is 3.39. The summed E-state index contributed by atoms with van der Waals surface area (Å²) in [6.45, 7) is 2.17. The minimum absolute atomic E-state index is 0.166. The van der Waals surface area contributed by atoms with Crippen LogP contribution in [0, 0.1) is 0 Å². The Hall–Kier alpha value is -2.73. The minimum Gasteiger partial charge on any atom is -0.472 e. The summed E-state index contributed by atoms with van der Waals surface area (Å²) in [5.41, 5.74) is 1.57. The number of carbonyl (C=O) groups is 1. The first kappa shape index (κ1) is 15.8. The van der Waals surface area contributed by atoms with Gasteiger partial charge in [0.05, 0.1) is 18.4 Å². The lowest BCUT2D eigenvalue weighted by molar-refractivity contribution is 0.0906. The van der Waals surface area contributed by atoms with Crippen LogP contribution in [0.2, 0.25) is 0 Å². The number of furan rings is 1. The van der Waals surface area contributed by atoms with Crippen LogP contribution in [0.25, 0.3) is 11.5 Å². The highest BCUT2D eigenvalue weighted by Crippen LogP contribution is 2.29. The summed E-state index contributed by atoms with van der Waals surface area (Å²) in [4.78, 5) is 14.5. The highest BCUT2D eigenvalue weighted by Gasteiger charge is 2.26. The zero-order valence-electron chi connectivity index (χ0n) is 13.8. The summed E-state index contributed by atoms with van der Waals surface area (Å²) < 4.78 is 10.8. The van der Waals surface area contributed by atoms with Gasteiger partial charge in [-0.25, -0.2) is 0 Å². The number of hydrogen-bond donors (Lipinski definition) is 0. The third-order valence-corrected chi connectivity index (χ3v) is 4.61. The number of hydrogen-bond acceptors (Lipinski definition) is 6. The zero-order chi connectivity index (χ0) is 17.1. The molecule has 0 radical (unpaired) electrons. The van der Waals surface area contributed by atoms with Crippen LogP contribution in [-0.4, -0.2) is 40.5 Å². The second kappa shape index (κ2) is 7.03. The first-order valence-corrected chi connectivity index (χ1v) is 8.46. The van der Waals surface area contributed by atoms with E-state index in [1.807, 2.05) is 30.3 Å². The molecule has 2 aromatic heterocycles. The fourth-order valence-corrected chi connectivity index (χ4v) is 3.16. The number of likely N-dealkylation sites (tertiary alicyclic amines) is 1. The zero-order valence-corrected chi connectivity index (χ0v) is 13.8. The van der Waals surface area contributed by atoms with Gasteiger partial charge in [-0.15, -0.1) is 10.2 Å². The van der Waals surface area contributed by atoms with Crippen molar-refractivity contribution < 1.29 is 13.6 Å². The molecule has 0 atom stereocenters. The lowest BCUT2D eigenvalue weighted by Gasteiger charge is -2.29. The monoisotopic (exact) mass is 337 g/mol. The van der Waals surface area contributed by atoms with Gasteiger partial charge < -0.3 is 8.83 Å². The van der Waals surface area contributed by atoms with Gasteiger partial charge in [-0.1, -0.05) is 30.3 Å². The van der Waals surface area contributed by atoms with Crippen LogP contribution >= 0.6 is 0 Å². The van der Waals surface area contributed by atoms with Crippen molar-refractivity contribution in [3.8, 4) is 11.5 Å². The van der Waals surface area contributed by atoms with Crippen molar-refractivity contribution in [3.05, 3.63) is 60.4 Å². The maximum absolute atomic E-state index is 12.3. The Bertz CT molecular complexity index is 819. The topological polar surface area (TPSA) is 72.4 Å². The Labute approximate surface area is 145 Å². The number of rotatable bonds is 5. The van der Waals surface area contributed by atoms with E-state index < -0.39 is 0 Å². The molecule has 1 fully saturated rings. The molecule has 1 aliphatic heterocycles. The number of Topliss-reactive ketones (excluding diaryl/α,β-unsaturated/α-hetero) is 1. The molecule has 0 unspecified atom stereocenters. The van der Waals surface area contributed by atoms with E-state index in [0.717, 1.165) is 37.1 Å². The number of ketones is 1. The molecule has 0 saturated carbocycles. The first-order valence-electron chi connectivity index (χ1n) is 8.46. The Morgan fingerprint density at radius 3 is 2.64 bits per heavy atom. The van der Waals surface area contributed by atoms with Crippen molar-refractivity contribution in [3.63, 3.8) is 0 Å². The summed E-state index contributed by atoms with van der Waals surface area (Å²) in [6, 6.07) is 11.2. The number of aromatic nitrogens is 2. The van der Waals surface area contributed by atoms with E-state index in [2.05, 4.69) is 15.1 Å². The molecule has 0 amide bonds. The fraction of sp³-hybridized carbons (Fsp3) is 0.316. The average molecular weight is 337 g/mol. The second-order valence-electron chi connectivity index (χ2n) is 6.30. The summed E-state index contributed by atoms with van der Waals surface area (Å²) in [7, 11) is 0. The van der Waals surface area contributed by atoms with Crippen LogP contribution in [0.1, 0.15) is 35.0 Å². The van der Waals surface area contributed by atoms with Crippen molar-refractivity contribution in [2.45, 2.75) is 18.8 Å². The Kier molecular flexibility index (Phi) is 4.43. The molecule has 3 aromatic rings. The van der Waals surface area contributed by atoms with Gasteiger partial charge in [0.1, 0.15) is 6.26 Å². The highest BCUT2D eigenvalue weighted by atomic mass is 16.4. The molecular weight excluding hydrogens is 318 g/mol. The van der Waals surface area contributed by atoms with Crippen molar-refractivity contribution in [1.82, 2.24) is 15.1 Å². The fourth-order valence-electron chi connectivity index (χ4n) is 3.16. The number of carbonyl (C=O) groups excluding carboxylic acids is 1. The van der Waals surface area contributed by atoms with E-state index in [0.29, 0.717) is 18.3 Å². The smallest absolute Gasteiger partial charge is 0.250 e. The molecule has 128 valence electrons. The normalized spacial score (nSPS) is 16.2. The quantitative estimate of drug-likeness (QED) is 0.665.